The van der Waals surface area contributed by atoms with Crippen LogP contribution in [0.5, 0.6) is 5.75 Å². The Morgan fingerprint density at radius 2 is 1.73 bits per heavy atom. The second-order valence-electron chi connectivity index (χ2n) is 5.96. The topological polar surface area (TPSA) is 52.6 Å². The van der Waals surface area contributed by atoms with Crippen LogP contribution in [0.2, 0.25) is 0 Å². The minimum Gasteiger partial charge on any atom is -0.481 e. The maximum atomic E-state index is 13.0. The zero-order valence-corrected chi connectivity index (χ0v) is 15.6. The summed E-state index contributed by atoms with van der Waals surface area (Å²) in [4.78, 5) is 13.0. The van der Waals surface area contributed by atoms with Gasteiger partial charge in [0.05, 0.1) is 5.39 Å². The van der Waals surface area contributed by atoms with Crippen molar-refractivity contribution in [3.8, 4) is 17.3 Å². The van der Waals surface area contributed by atoms with Crippen molar-refractivity contribution in [2.75, 3.05) is 0 Å². The molecular weight excluding hydrogens is 396 g/mol. The van der Waals surface area contributed by atoms with E-state index in [-0.39, 0.29) is 23.5 Å². The van der Waals surface area contributed by atoms with E-state index in [1.165, 1.54) is 5.56 Å². The van der Waals surface area contributed by atoms with Crippen LogP contribution in [0.1, 0.15) is 11.1 Å². The number of halogens is 1. The highest BCUT2D eigenvalue weighted by Crippen LogP contribution is 2.33. The van der Waals surface area contributed by atoms with Gasteiger partial charge in [-0.15, -0.1) is 0 Å². The molecular formula is C21H15BrO4. The summed E-state index contributed by atoms with van der Waals surface area (Å²) in [6.45, 7) is 2.29. The van der Waals surface area contributed by atoms with E-state index in [0.29, 0.717) is 21.4 Å². The van der Waals surface area contributed by atoms with Gasteiger partial charge in [0.15, 0.2) is 10.4 Å². The van der Waals surface area contributed by atoms with Crippen molar-refractivity contribution in [1.29, 1.82) is 0 Å². The van der Waals surface area contributed by atoms with Crippen LogP contribution in [0.4, 0.5) is 0 Å². The lowest BCUT2D eigenvalue weighted by Crippen LogP contribution is -2.10. The molecule has 2 aromatic heterocycles. The molecule has 4 nitrogen and oxygen atoms in total. The van der Waals surface area contributed by atoms with Crippen molar-refractivity contribution < 1.29 is 13.6 Å². The summed E-state index contributed by atoms with van der Waals surface area (Å²) in [6.07, 6.45) is 0. The molecule has 0 aliphatic rings. The highest BCUT2D eigenvalue weighted by atomic mass is 79.9. The van der Waals surface area contributed by atoms with E-state index in [0.717, 1.165) is 5.56 Å². The van der Waals surface area contributed by atoms with E-state index in [9.17, 15) is 4.79 Å². The molecule has 0 spiro atoms. The van der Waals surface area contributed by atoms with Gasteiger partial charge in [0.1, 0.15) is 12.2 Å². The Balaban J connectivity index is 1.81. The van der Waals surface area contributed by atoms with Gasteiger partial charge in [-0.1, -0.05) is 42.0 Å². The number of hydrogen-bond donors (Lipinski definition) is 0. The van der Waals surface area contributed by atoms with E-state index in [1.807, 2.05) is 37.3 Å². The number of para-hydroxylation sites is 1. The van der Waals surface area contributed by atoms with Gasteiger partial charge in [-0.2, -0.15) is 0 Å². The molecule has 0 saturated heterocycles. The van der Waals surface area contributed by atoms with Crippen molar-refractivity contribution in [2.45, 2.75) is 13.5 Å². The predicted octanol–water partition coefficient (Wildman–Crippen LogP) is 5.70. The third-order valence-corrected chi connectivity index (χ3v) is 4.48. The quantitative estimate of drug-likeness (QED) is 0.432. The first-order valence-corrected chi connectivity index (χ1v) is 8.91. The second kappa shape index (κ2) is 6.84. The molecule has 0 bridgehead atoms. The molecule has 0 fully saturated rings. The maximum absolute atomic E-state index is 13.0. The fraction of sp³-hybridized carbons (Fsp3) is 0.0952. The summed E-state index contributed by atoms with van der Waals surface area (Å²) < 4.78 is 18.0. The molecule has 26 heavy (non-hydrogen) atoms. The number of fused-ring (bicyclic) bond motifs is 1. The zero-order chi connectivity index (χ0) is 18.1. The Morgan fingerprint density at radius 3 is 2.46 bits per heavy atom. The van der Waals surface area contributed by atoms with Gasteiger partial charge in [0.25, 0.3) is 0 Å². The molecule has 130 valence electrons. The predicted molar refractivity (Wildman–Crippen MR) is 103 cm³/mol. The van der Waals surface area contributed by atoms with Crippen LogP contribution in [-0.4, -0.2) is 0 Å². The third kappa shape index (κ3) is 3.18. The van der Waals surface area contributed by atoms with E-state index in [2.05, 4.69) is 15.9 Å². The van der Waals surface area contributed by atoms with Crippen LogP contribution in [-0.2, 0) is 6.61 Å². The first-order valence-electron chi connectivity index (χ1n) is 8.12. The lowest BCUT2D eigenvalue weighted by molar-refractivity contribution is 0.296. The molecule has 2 heterocycles. The Bertz CT molecular complexity index is 1120. The molecule has 0 atom stereocenters. The average molecular weight is 411 g/mol. The number of ether oxygens (including phenoxy) is 1. The molecule has 0 aliphatic heterocycles. The van der Waals surface area contributed by atoms with E-state index in [1.54, 1.807) is 30.3 Å². The van der Waals surface area contributed by atoms with Gasteiger partial charge >= 0.3 is 0 Å². The molecule has 0 unspecified atom stereocenters. The standard InChI is InChI=1S/C21H15BrO4/c1-13-6-8-14(9-7-13)12-24-21-19(23)15-4-2-3-5-16(15)26-20(21)17-10-11-18(22)25-17/h2-11H,12H2,1H3. The Labute approximate surface area is 158 Å². The number of rotatable bonds is 4. The molecule has 0 N–H and O–H groups in total. The number of furan rings is 1. The fourth-order valence-electron chi connectivity index (χ4n) is 2.69. The summed E-state index contributed by atoms with van der Waals surface area (Å²) in [5.74, 6) is 0.858. The number of aryl methyl sites for hydroxylation is 1. The van der Waals surface area contributed by atoms with Crippen LogP contribution in [0, 0.1) is 6.92 Å². The summed E-state index contributed by atoms with van der Waals surface area (Å²) in [5, 5.41) is 0.473. The Morgan fingerprint density at radius 1 is 0.962 bits per heavy atom. The molecule has 5 heteroatoms. The molecule has 0 saturated carbocycles. The van der Waals surface area contributed by atoms with Gasteiger partial charge in [-0.05, 0) is 52.7 Å². The first kappa shape index (κ1) is 16.7. The summed E-state index contributed by atoms with van der Waals surface area (Å²) in [7, 11) is 0. The van der Waals surface area contributed by atoms with Crippen molar-refractivity contribution in [1.82, 2.24) is 0 Å². The second-order valence-corrected chi connectivity index (χ2v) is 6.75. The average Bonchev–Trinajstić information content (AvgIpc) is 3.08. The molecule has 4 rings (SSSR count). The highest BCUT2D eigenvalue weighted by molar-refractivity contribution is 9.10. The lowest BCUT2D eigenvalue weighted by atomic mass is 10.1. The number of hydrogen-bond acceptors (Lipinski definition) is 4. The van der Waals surface area contributed by atoms with Crippen LogP contribution in [0.3, 0.4) is 0 Å². The Kier molecular flexibility index (Phi) is 4.39. The van der Waals surface area contributed by atoms with Crippen molar-refractivity contribution in [2.24, 2.45) is 0 Å². The molecule has 2 aromatic carbocycles. The molecule has 0 aliphatic carbocycles. The largest absolute Gasteiger partial charge is 0.481 e. The third-order valence-electron chi connectivity index (χ3n) is 4.06. The van der Waals surface area contributed by atoms with Gasteiger partial charge in [0, 0.05) is 0 Å². The van der Waals surface area contributed by atoms with E-state index < -0.39 is 0 Å². The summed E-state index contributed by atoms with van der Waals surface area (Å²) in [6, 6.07) is 18.5. The van der Waals surface area contributed by atoms with Crippen molar-refractivity contribution in [3.63, 3.8) is 0 Å². The molecule has 4 aromatic rings. The maximum Gasteiger partial charge on any atom is 0.235 e. The van der Waals surface area contributed by atoms with Crippen molar-refractivity contribution in [3.05, 3.63) is 86.7 Å². The normalized spacial score (nSPS) is 11.0. The monoisotopic (exact) mass is 410 g/mol. The highest BCUT2D eigenvalue weighted by Gasteiger charge is 2.20. The van der Waals surface area contributed by atoms with Crippen LogP contribution >= 0.6 is 15.9 Å². The fourth-order valence-corrected chi connectivity index (χ4v) is 3.00. The van der Waals surface area contributed by atoms with Crippen LogP contribution in [0.25, 0.3) is 22.5 Å². The van der Waals surface area contributed by atoms with Gasteiger partial charge in [-0.3, -0.25) is 4.79 Å². The van der Waals surface area contributed by atoms with E-state index >= 15 is 0 Å². The Hall–Kier alpha value is -2.79. The van der Waals surface area contributed by atoms with Crippen LogP contribution in [0.15, 0.2) is 79.0 Å². The smallest absolute Gasteiger partial charge is 0.235 e. The summed E-state index contributed by atoms with van der Waals surface area (Å²) >= 11 is 3.28. The van der Waals surface area contributed by atoms with Gasteiger partial charge in [0.2, 0.25) is 16.9 Å². The van der Waals surface area contributed by atoms with Gasteiger partial charge in [-0.25, -0.2) is 0 Å². The number of benzene rings is 2. The summed E-state index contributed by atoms with van der Waals surface area (Å²) in [5.41, 5.74) is 2.40. The zero-order valence-electron chi connectivity index (χ0n) is 14.0. The lowest BCUT2D eigenvalue weighted by Gasteiger charge is -2.10. The van der Waals surface area contributed by atoms with E-state index in [4.69, 9.17) is 13.6 Å². The molecule has 0 radical (unpaired) electrons. The van der Waals surface area contributed by atoms with Crippen LogP contribution < -0.4 is 10.2 Å². The van der Waals surface area contributed by atoms with Gasteiger partial charge < -0.3 is 13.6 Å². The first-order chi connectivity index (χ1) is 12.6. The molecule has 0 amide bonds. The minimum atomic E-state index is -0.221. The SMILES string of the molecule is Cc1ccc(COc2c(-c3ccc(Br)o3)oc3ccccc3c2=O)cc1. The van der Waals surface area contributed by atoms with Crippen molar-refractivity contribution >= 4 is 26.9 Å². The minimum absolute atomic E-state index is 0.145.